The number of benzene rings is 2. The number of fused-ring (bicyclic) bond motifs is 1. The first kappa shape index (κ1) is 20.9. The second kappa shape index (κ2) is 8.87. The molecule has 4 aromatic rings. The number of rotatable bonds is 4. The Kier molecular flexibility index (Phi) is 5.62. The van der Waals surface area contributed by atoms with Crippen molar-refractivity contribution in [3.8, 4) is 17.2 Å². The molecule has 1 amide bonds. The molecule has 1 saturated carbocycles. The average Bonchev–Trinajstić information content (AvgIpc) is 3.28. The summed E-state index contributed by atoms with van der Waals surface area (Å²) >= 11 is 0. The lowest BCUT2D eigenvalue weighted by atomic mass is 9.87. The minimum Gasteiger partial charge on any atom is -0.319 e. The molecule has 1 N–H and O–H groups in total. The zero-order chi connectivity index (χ0) is 22.8. The molecule has 0 aliphatic heterocycles. The summed E-state index contributed by atoms with van der Waals surface area (Å²) in [5.41, 5.74) is 5.71. The number of aromatic nitrogens is 3. The molecule has 0 unspecified atom stereocenters. The van der Waals surface area contributed by atoms with Crippen LogP contribution in [0, 0.1) is 18.3 Å². The van der Waals surface area contributed by atoms with Gasteiger partial charge < -0.3 is 5.32 Å². The minimum atomic E-state index is -0.189. The smallest absolute Gasteiger partial charge is 0.256 e. The molecule has 2 aromatic heterocycles. The van der Waals surface area contributed by atoms with Gasteiger partial charge in [-0.05, 0) is 54.7 Å². The van der Waals surface area contributed by atoms with E-state index < -0.39 is 0 Å². The topological polar surface area (TPSA) is 83.1 Å². The van der Waals surface area contributed by atoms with Gasteiger partial charge in [-0.3, -0.25) is 9.20 Å². The average molecular weight is 436 g/mol. The Labute approximate surface area is 192 Å². The van der Waals surface area contributed by atoms with Crippen LogP contribution in [0.2, 0.25) is 0 Å². The molecule has 5 rings (SSSR count). The second-order valence-corrected chi connectivity index (χ2v) is 8.66. The van der Waals surface area contributed by atoms with E-state index in [1.54, 1.807) is 12.3 Å². The molecule has 0 radical (unpaired) electrons. The van der Waals surface area contributed by atoms with Gasteiger partial charge in [-0.15, -0.1) is 0 Å². The number of amides is 1. The summed E-state index contributed by atoms with van der Waals surface area (Å²) in [4.78, 5) is 22.1. The Bertz CT molecular complexity index is 1380. The van der Waals surface area contributed by atoms with Crippen molar-refractivity contribution in [2.45, 2.75) is 44.9 Å². The molecule has 1 aliphatic rings. The van der Waals surface area contributed by atoms with E-state index in [0.29, 0.717) is 28.5 Å². The Morgan fingerprint density at radius 1 is 1.09 bits per heavy atom. The molecule has 33 heavy (non-hydrogen) atoms. The molecule has 2 aromatic carbocycles. The number of nitrogens with zero attached hydrogens (tertiary/aromatic N) is 4. The summed E-state index contributed by atoms with van der Waals surface area (Å²) in [5.74, 6) is 0.958. The molecule has 164 valence electrons. The van der Waals surface area contributed by atoms with Crippen molar-refractivity contribution in [1.29, 1.82) is 5.26 Å². The second-order valence-electron chi connectivity index (χ2n) is 8.66. The zero-order valence-electron chi connectivity index (χ0n) is 18.6. The molecule has 0 bridgehead atoms. The SMILES string of the molecule is Cc1c(C(=O)Nc2cnc3ncc(C4CCCCC4)n3c2)cccc1-c1cccc(C#N)c1. The molecule has 6 heteroatoms. The highest BCUT2D eigenvalue weighted by Gasteiger charge is 2.20. The van der Waals surface area contributed by atoms with Gasteiger partial charge in [0.2, 0.25) is 5.78 Å². The molecular weight excluding hydrogens is 410 g/mol. The summed E-state index contributed by atoms with van der Waals surface area (Å²) in [5, 5.41) is 12.2. The van der Waals surface area contributed by atoms with Crippen molar-refractivity contribution < 1.29 is 4.79 Å². The van der Waals surface area contributed by atoms with E-state index in [1.165, 1.54) is 37.8 Å². The summed E-state index contributed by atoms with van der Waals surface area (Å²) in [7, 11) is 0. The maximum atomic E-state index is 13.2. The molecule has 0 saturated heterocycles. The van der Waals surface area contributed by atoms with Gasteiger partial charge in [-0.2, -0.15) is 5.26 Å². The van der Waals surface area contributed by atoms with E-state index >= 15 is 0 Å². The van der Waals surface area contributed by atoms with Crippen LogP contribution in [-0.2, 0) is 0 Å². The van der Waals surface area contributed by atoms with Crippen molar-refractivity contribution in [2.24, 2.45) is 0 Å². The minimum absolute atomic E-state index is 0.189. The molecular formula is C27H25N5O. The number of carbonyl (C=O) groups is 1. The number of nitrogens with one attached hydrogen (secondary N) is 1. The highest BCUT2D eigenvalue weighted by molar-refractivity contribution is 6.06. The number of carbonyl (C=O) groups excluding carboxylic acids is 1. The normalized spacial score (nSPS) is 14.2. The summed E-state index contributed by atoms with van der Waals surface area (Å²) in [6, 6.07) is 15.3. The van der Waals surface area contributed by atoms with E-state index in [9.17, 15) is 10.1 Å². The van der Waals surface area contributed by atoms with Crippen LogP contribution in [0.15, 0.2) is 61.1 Å². The Morgan fingerprint density at radius 2 is 1.88 bits per heavy atom. The first-order valence-electron chi connectivity index (χ1n) is 11.4. The maximum absolute atomic E-state index is 13.2. The maximum Gasteiger partial charge on any atom is 0.256 e. The van der Waals surface area contributed by atoms with Gasteiger partial charge in [0.1, 0.15) is 0 Å². The number of nitriles is 1. The van der Waals surface area contributed by atoms with Gasteiger partial charge in [0, 0.05) is 23.4 Å². The third-order valence-corrected chi connectivity index (χ3v) is 6.56. The van der Waals surface area contributed by atoms with E-state index in [0.717, 1.165) is 16.7 Å². The number of hydrogen-bond acceptors (Lipinski definition) is 4. The van der Waals surface area contributed by atoms with E-state index in [4.69, 9.17) is 0 Å². The van der Waals surface area contributed by atoms with Gasteiger partial charge in [0.15, 0.2) is 0 Å². The fraction of sp³-hybridized carbons (Fsp3) is 0.259. The van der Waals surface area contributed by atoms with Gasteiger partial charge in [0.05, 0.1) is 29.7 Å². The zero-order valence-corrected chi connectivity index (χ0v) is 18.6. The predicted octanol–water partition coefficient (Wildman–Crippen LogP) is 5.88. The van der Waals surface area contributed by atoms with E-state index in [-0.39, 0.29) is 5.91 Å². The monoisotopic (exact) mass is 435 g/mol. The quantitative estimate of drug-likeness (QED) is 0.434. The molecule has 0 atom stereocenters. The Hall–Kier alpha value is -3.98. The van der Waals surface area contributed by atoms with Crippen LogP contribution in [-0.4, -0.2) is 20.3 Å². The van der Waals surface area contributed by atoms with Crippen LogP contribution in [0.1, 0.15) is 65.2 Å². The highest BCUT2D eigenvalue weighted by atomic mass is 16.1. The number of anilines is 1. The van der Waals surface area contributed by atoms with E-state index in [2.05, 4.69) is 21.4 Å². The molecule has 1 aliphatic carbocycles. The van der Waals surface area contributed by atoms with Crippen molar-refractivity contribution in [2.75, 3.05) is 5.32 Å². The Morgan fingerprint density at radius 3 is 2.70 bits per heavy atom. The summed E-state index contributed by atoms with van der Waals surface area (Å²) in [6.45, 7) is 1.93. The van der Waals surface area contributed by atoms with Crippen LogP contribution in [0.3, 0.4) is 0 Å². The lowest BCUT2D eigenvalue weighted by Crippen LogP contribution is -2.15. The molecule has 0 spiro atoms. The van der Waals surface area contributed by atoms with Crippen LogP contribution >= 0.6 is 0 Å². The highest BCUT2D eigenvalue weighted by Crippen LogP contribution is 2.33. The lowest BCUT2D eigenvalue weighted by molar-refractivity contribution is 0.102. The van der Waals surface area contributed by atoms with Crippen LogP contribution in [0.4, 0.5) is 5.69 Å². The van der Waals surface area contributed by atoms with Gasteiger partial charge in [0.25, 0.3) is 5.91 Å². The standard InChI is InChI=1S/C27H25N5O/c1-18-23(21-10-5-7-19(13-21)14-28)11-6-12-24(18)26(33)31-22-15-29-27-30-16-25(32(27)17-22)20-8-3-2-4-9-20/h5-7,10-13,15-17,20H,2-4,8-9H2,1H3,(H,31,33). The van der Waals surface area contributed by atoms with Gasteiger partial charge in [-0.25, -0.2) is 9.97 Å². The Balaban J connectivity index is 1.43. The van der Waals surface area contributed by atoms with Crippen LogP contribution in [0.25, 0.3) is 16.9 Å². The molecule has 6 nitrogen and oxygen atoms in total. The lowest BCUT2D eigenvalue weighted by Gasteiger charge is -2.21. The van der Waals surface area contributed by atoms with Crippen molar-refractivity contribution in [3.63, 3.8) is 0 Å². The summed E-state index contributed by atoms with van der Waals surface area (Å²) < 4.78 is 2.02. The molecule has 1 fully saturated rings. The number of hydrogen-bond donors (Lipinski definition) is 1. The van der Waals surface area contributed by atoms with Crippen molar-refractivity contribution in [1.82, 2.24) is 14.4 Å². The third kappa shape index (κ3) is 4.10. The first-order chi connectivity index (χ1) is 16.1. The first-order valence-corrected chi connectivity index (χ1v) is 11.4. The van der Waals surface area contributed by atoms with E-state index in [1.807, 2.05) is 60.1 Å². The van der Waals surface area contributed by atoms with Crippen LogP contribution in [0.5, 0.6) is 0 Å². The van der Waals surface area contributed by atoms with Crippen molar-refractivity contribution in [3.05, 3.63) is 83.4 Å². The third-order valence-electron chi connectivity index (χ3n) is 6.56. The predicted molar refractivity (Wildman–Crippen MR) is 128 cm³/mol. The van der Waals surface area contributed by atoms with Crippen molar-refractivity contribution >= 4 is 17.4 Å². The fourth-order valence-corrected chi connectivity index (χ4v) is 4.81. The largest absolute Gasteiger partial charge is 0.319 e. The molecule has 2 heterocycles. The van der Waals surface area contributed by atoms with Gasteiger partial charge >= 0.3 is 0 Å². The summed E-state index contributed by atoms with van der Waals surface area (Å²) in [6.07, 6.45) is 11.6. The fourth-order valence-electron chi connectivity index (χ4n) is 4.81. The van der Waals surface area contributed by atoms with Crippen LogP contribution < -0.4 is 5.32 Å². The number of imidazole rings is 1. The van der Waals surface area contributed by atoms with Gasteiger partial charge in [-0.1, -0.05) is 43.5 Å².